The lowest BCUT2D eigenvalue weighted by Crippen LogP contribution is -2.36. The molecule has 0 amide bonds. The monoisotopic (exact) mass is 444 g/mol. The number of rotatable bonds is 13. The Labute approximate surface area is 184 Å². The van der Waals surface area contributed by atoms with Crippen molar-refractivity contribution in [3.63, 3.8) is 0 Å². The molecule has 0 N–H and O–H groups in total. The molecule has 0 saturated carbocycles. The SMILES string of the molecule is CCCC(=O)O[C@H](C)CCO[C@H]1CO[C@@H]2C(OC(=O)C[C@@H](C)OC(=O)CCC)CO[C@H]12. The molecule has 0 aromatic heterocycles. The molecule has 2 fully saturated rings. The second-order valence-corrected chi connectivity index (χ2v) is 8.13. The van der Waals surface area contributed by atoms with Crippen molar-refractivity contribution in [3.05, 3.63) is 0 Å². The van der Waals surface area contributed by atoms with E-state index < -0.39 is 18.2 Å². The highest BCUT2D eigenvalue weighted by atomic mass is 16.7. The lowest BCUT2D eigenvalue weighted by atomic mass is 10.1. The van der Waals surface area contributed by atoms with Crippen molar-refractivity contribution in [2.75, 3.05) is 19.8 Å². The second kappa shape index (κ2) is 13.0. The topological polar surface area (TPSA) is 107 Å². The molecule has 0 aliphatic carbocycles. The molecule has 2 heterocycles. The predicted molar refractivity (Wildman–Crippen MR) is 109 cm³/mol. The summed E-state index contributed by atoms with van der Waals surface area (Å²) in [4.78, 5) is 35.3. The van der Waals surface area contributed by atoms with Gasteiger partial charge in [0.1, 0.15) is 30.5 Å². The third-order valence-corrected chi connectivity index (χ3v) is 5.13. The highest BCUT2D eigenvalue weighted by molar-refractivity contribution is 5.72. The Morgan fingerprint density at radius 3 is 2.00 bits per heavy atom. The zero-order valence-electron chi connectivity index (χ0n) is 19.0. The summed E-state index contributed by atoms with van der Waals surface area (Å²) in [5.41, 5.74) is 0. The molecule has 2 aliphatic heterocycles. The highest BCUT2D eigenvalue weighted by Gasteiger charge is 2.50. The van der Waals surface area contributed by atoms with Crippen molar-refractivity contribution in [1.82, 2.24) is 0 Å². The lowest BCUT2D eigenvalue weighted by molar-refractivity contribution is -0.160. The van der Waals surface area contributed by atoms with Gasteiger partial charge in [0.2, 0.25) is 0 Å². The number of hydrogen-bond acceptors (Lipinski definition) is 9. The van der Waals surface area contributed by atoms with E-state index in [1.165, 1.54) is 0 Å². The van der Waals surface area contributed by atoms with E-state index in [1.807, 2.05) is 20.8 Å². The number of carbonyl (C=O) groups is 3. The van der Waals surface area contributed by atoms with E-state index in [9.17, 15) is 14.4 Å². The third-order valence-electron chi connectivity index (χ3n) is 5.13. The van der Waals surface area contributed by atoms with Crippen LogP contribution in [0.15, 0.2) is 0 Å². The summed E-state index contributed by atoms with van der Waals surface area (Å²) in [6.45, 7) is 8.31. The van der Waals surface area contributed by atoms with Gasteiger partial charge in [0, 0.05) is 19.3 Å². The fourth-order valence-corrected chi connectivity index (χ4v) is 3.59. The lowest BCUT2D eigenvalue weighted by Gasteiger charge is -2.19. The van der Waals surface area contributed by atoms with E-state index in [-0.39, 0.29) is 49.4 Å². The Hall–Kier alpha value is -1.71. The summed E-state index contributed by atoms with van der Waals surface area (Å²) < 4.78 is 33.4. The van der Waals surface area contributed by atoms with Crippen molar-refractivity contribution >= 4 is 17.9 Å². The summed E-state index contributed by atoms with van der Waals surface area (Å²) in [6, 6.07) is 0. The molecular weight excluding hydrogens is 408 g/mol. The first-order valence-corrected chi connectivity index (χ1v) is 11.3. The van der Waals surface area contributed by atoms with Gasteiger partial charge in [0.25, 0.3) is 0 Å². The number of esters is 3. The minimum absolute atomic E-state index is 0.0160. The zero-order chi connectivity index (χ0) is 22.8. The minimum atomic E-state index is -0.543. The molecule has 6 atom stereocenters. The Bertz CT molecular complexity index is 594. The van der Waals surface area contributed by atoms with E-state index in [0.717, 1.165) is 6.42 Å². The van der Waals surface area contributed by atoms with E-state index in [1.54, 1.807) is 6.92 Å². The van der Waals surface area contributed by atoms with E-state index in [0.29, 0.717) is 38.9 Å². The van der Waals surface area contributed by atoms with Gasteiger partial charge in [0.05, 0.1) is 26.2 Å². The average Bonchev–Trinajstić information content (AvgIpc) is 3.25. The number of hydrogen-bond donors (Lipinski definition) is 0. The first kappa shape index (κ1) is 25.5. The Morgan fingerprint density at radius 1 is 0.839 bits per heavy atom. The first-order chi connectivity index (χ1) is 14.8. The summed E-state index contributed by atoms with van der Waals surface area (Å²) in [6.07, 6.45) is 0.533. The van der Waals surface area contributed by atoms with Gasteiger partial charge in [-0.25, -0.2) is 0 Å². The Balaban J connectivity index is 1.68. The van der Waals surface area contributed by atoms with Crippen molar-refractivity contribution in [2.24, 2.45) is 0 Å². The maximum Gasteiger partial charge on any atom is 0.309 e. The van der Waals surface area contributed by atoms with Crippen LogP contribution in [0.5, 0.6) is 0 Å². The Kier molecular flexibility index (Phi) is 10.7. The van der Waals surface area contributed by atoms with Crippen LogP contribution in [0.1, 0.15) is 66.2 Å². The molecule has 9 nitrogen and oxygen atoms in total. The van der Waals surface area contributed by atoms with Crippen LogP contribution in [0.25, 0.3) is 0 Å². The maximum atomic E-state index is 12.2. The molecule has 31 heavy (non-hydrogen) atoms. The average molecular weight is 445 g/mol. The highest BCUT2D eigenvalue weighted by Crippen LogP contribution is 2.31. The second-order valence-electron chi connectivity index (χ2n) is 8.13. The summed E-state index contributed by atoms with van der Waals surface area (Å²) >= 11 is 0. The van der Waals surface area contributed by atoms with Gasteiger partial charge in [-0.05, 0) is 26.7 Å². The van der Waals surface area contributed by atoms with Gasteiger partial charge in [-0.2, -0.15) is 0 Å². The standard InChI is InChI=1S/C22H36O9/c1-5-7-18(23)29-14(3)9-10-26-16-12-27-22-17(13-28-21(16)22)31-20(25)11-15(4)30-19(24)8-6-2/h14-17,21-22H,5-13H2,1-4H3/t14-,15-,16+,17?,21-,22-/m1/s1. The molecule has 9 heteroatoms. The molecule has 2 aliphatic rings. The van der Waals surface area contributed by atoms with E-state index >= 15 is 0 Å². The molecule has 0 aromatic carbocycles. The van der Waals surface area contributed by atoms with Crippen LogP contribution in [0.3, 0.4) is 0 Å². The van der Waals surface area contributed by atoms with Crippen LogP contribution in [-0.2, 0) is 42.8 Å². The number of fused-ring (bicyclic) bond motifs is 1. The molecule has 0 spiro atoms. The fourth-order valence-electron chi connectivity index (χ4n) is 3.59. The first-order valence-electron chi connectivity index (χ1n) is 11.3. The van der Waals surface area contributed by atoms with Crippen molar-refractivity contribution in [3.8, 4) is 0 Å². The Morgan fingerprint density at radius 2 is 1.39 bits per heavy atom. The van der Waals surface area contributed by atoms with Gasteiger partial charge in [-0.1, -0.05) is 13.8 Å². The maximum absolute atomic E-state index is 12.2. The molecule has 2 rings (SSSR count). The normalized spacial score (nSPS) is 26.7. The summed E-state index contributed by atoms with van der Waals surface area (Å²) in [7, 11) is 0. The molecule has 0 bridgehead atoms. The van der Waals surface area contributed by atoms with Crippen LogP contribution in [0, 0.1) is 0 Å². The molecule has 0 radical (unpaired) electrons. The molecular formula is C22H36O9. The minimum Gasteiger partial charge on any atom is -0.463 e. The molecule has 178 valence electrons. The van der Waals surface area contributed by atoms with E-state index in [2.05, 4.69) is 0 Å². The van der Waals surface area contributed by atoms with Crippen molar-refractivity contribution < 1.29 is 42.8 Å². The largest absolute Gasteiger partial charge is 0.463 e. The van der Waals surface area contributed by atoms with Gasteiger partial charge >= 0.3 is 17.9 Å². The van der Waals surface area contributed by atoms with Crippen LogP contribution < -0.4 is 0 Å². The van der Waals surface area contributed by atoms with Crippen LogP contribution in [-0.4, -0.2) is 74.4 Å². The third kappa shape index (κ3) is 8.38. The van der Waals surface area contributed by atoms with Gasteiger partial charge < -0.3 is 28.4 Å². The van der Waals surface area contributed by atoms with Gasteiger partial charge in [-0.15, -0.1) is 0 Å². The van der Waals surface area contributed by atoms with Crippen LogP contribution in [0.2, 0.25) is 0 Å². The fraction of sp³-hybridized carbons (Fsp3) is 0.864. The number of carbonyl (C=O) groups excluding carboxylic acids is 3. The van der Waals surface area contributed by atoms with Crippen LogP contribution >= 0.6 is 0 Å². The molecule has 1 unspecified atom stereocenters. The summed E-state index contributed by atoms with van der Waals surface area (Å²) in [5, 5.41) is 0. The van der Waals surface area contributed by atoms with Crippen molar-refractivity contribution in [1.29, 1.82) is 0 Å². The number of ether oxygens (including phenoxy) is 6. The van der Waals surface area contributed by atoms with Crippen LogP contribution in [0.4, 0.5) is 0 Å². The molecule has 2 saturated heterocycles. The van der Waals surface area contributed by atoms with E-state index in [4.69, 9.17) is 28.4 Å². The zero-order valence-corrected chi connectivity index (χ0v) is 19.0. The van der Waals surface area contributed by atoms with Gasteiger partial charge in [-0.3, -0.25) is 14.4 Å². The predicted octanol–water partition coefficient (Wildman–Crippen LogP) is 2.32. The van der Waals surface area contributed by atoms with Crippen molar-refractivity contribution in [2.45, 2.75) is 103 Å². The molecule has 0 aromatic rings. The smallest absolute Gasteiger partial charge is 0.309 e. The quantitative estimate of drug-likeness (QED) is 0.312. The van der Waals surface area contributed by atoms with Gasteiger partial charge in [0.15, 0.2) is 6.10 Å². The summed E-state index contributed by atoms with van der Waals surface area (Å²) in [5.74, 6) is -0.972.